The highest BCUT2D eigenvalue weighted by Gasteiger charge is 2.30. The van der Waals surface area contributed by atoms with Gasteiger partial charge in [-0.2, -0.15) is 9.40 Å². The second-order valence-electron chi connectivity index (χ2n) is 5.42. The van der Waals surface area contributed by atoms with Crippen molar-refractivity contribution < 1.29 is 12.9 Å². The first-order chi connectivity index (χ1) is 11.0. The van der Waals surface area contributed by atoms with E-state index in [9.17, 15) is 8.42 Å². The van der Waals surface area contributed by atoms with Crippen molar-refractivity contribution in [2.75, 3.05) is 50.1 Å². The number of piperazine rings is 1. The van der Waals surface area contributed by atoms with Gasteiger partial charge in [-0.25, -0.2) is 8.42 Å². The van der Waals surface area contributed by atoms with Gasteiger partial charge in [0.2, 0.25) is 10.0 Å². The van der Waals surface area contributed by atoms with Crippen LogP contribution in [-0.2, 0) is 10.0 Å². The average molecular weight is 338 g/mol. The first-order valence-corrected chi connectivity index (χ1v) is 8.57. The van der Waals surface area contributed by atoms with Crippen LogP contribution in [0.4, 0.5) is 11.5 Å². The Morgan fingerprint density at radius 1 is 1.17 bits per heavy atom. The molecule has 0 radical (unpaired) electrons. The van der Waals surface area contributed by atoms with Crippen LogP contribution in [0.2, 0.25) is 0 Å². The van der Waals surface area contributed by atoms with Crippen LogP contribution in [0.25, 0.3) is 0 Å². The molecule has 124 valence electrons. The van der Waals surface area contributed by atoms with Gasteiger partial charge in [-0.3, -0.25) is 0 Å². The molecular formula is C13H18N6O3S. The SMILES string of the molecule is CN(C)c1cnnc(N2CCN(S(=O)(=O)c3cnoc3)CC2)c1. The molecule has 0 aliphatic carbocycles. The second-order valence-corrected chi connectivity index (χ2v) is 7.36. The Bertz CT molecular complexity index is 754. The van der Waals surface area contributed by atoms with E-state index in [1.165, 1.54) is 10.5 Å². The van der Waals surface area contributed by atoms with Crippen LogP contribution in [-0.4, -0.2) is 68.4 Å². The van der Waals surface area contributed by atoms with Crippen LogP contribution in [0.5, 0.6) is 0 Å². The summed E-state index contributed by atoms with van der Waals surface area (Å²) in [5.74, 6) is 0.748. The van der Waals surface area contributed by atoms with Gasteiger partial charge >= 0.3 is 0 Å². The van der Waals surface area contributed by atoms with Crippen LogP contribution in [0.3, 0.4) is 0 Å². The number of nitrogens with zero attached hydrogens (tertiary/aromatic N) is 6. The van der Waals surface area contributed by atoms with E-state index in [4.69, 9.17) is 0 Å². The van der Waals surface area contributed by atoms with E-state index >= 15 is 0 Å². The van der Waals surface area contributed by atoms with Gasteiger partial charge in [0.1, 0.15) is 11.2 Å². The molecule has 2 aromatic heterocycles. The molecule has 9 nitrogen and oxygen atoms in total. The standard InChI is InChI=1S/C13H18N6O3S/c1-17(2)11-7-13(16-14-8-11)18-3-5-19(6-4-18)23(20,21)12-9-15-22-10-12/h7-10H,3-6H2,1-2H3. The van der Waals surface area contributed by atoms with Crippen molar-refractivity contribution in [3.63, 3.8) is 0 Å². The molecule has 1 aliphatic rings. The molecule has 0 aromatic carbocycles. The zero-order valence-corrected chi connectivity index (χ0v) is 13.8. The Hall–Kier alpha value is -2.20. The van der Waals surface area contributed by atoms with E-state index in [1.807, 2.05) is 30.0 Å². The maximum atomic E-state index is 12.4. The molecule has 0 bridgehead atoms. The normalized spacial score (nSPS) is 16.5. The number of sulfonamides is 1. The number of anilines is 2. The van der Waals surface area contributed by atoms with Crippen LogP contribution >= 0.6 is 0 Å². The summed E-state index contributed by atoms with van der Waals surface area (Å²) in [4.78, 5) is 4.06. The first-order valence-electron chi connectivity index (χ1n) is 7.13. The van der Waals surface area contributed by atoms with Gasteiger partial charge in [-0.15, -0.1) is 5.10 Å². The summed E-state index contributed by atoms with van der Waals surface area (Å²) in [6.45, 7) is 1.86. The molecule has 2 aromatic rings. The van der Waals surface area contributed by atoms with E-state index < -0.39 is 10.0 Å². The lowest BCUT2D eigenvalue weighted by atomic mass is 10.3. The van der Waals surface area contributed by atoms with Gasteiger partial charge in [0.05, 0.1) is 18.1 Å². The molecule has 1 saturated heterocycles. The van der Waals surface area contributed by atoms with Crippen LogP contribution in [0.15, 0.2) is 34.1 Å². The van der Waals surface area contributed by atoms with Crippen molar-refractivity contribution in [3.8, 4) is 0 Å². The minimum absolute atomic E-state index is 0.0837. The molecule has 1 fully saturated rings. The quantitative estimate of drug-likeness (QED) is 0.771. The number of hydrogen-bond acceptors (Lipinski definition) is 8. The summed E-state index contributed by atoms with van der Waals surface area (Å²) in [6, 6.07) is 1.94. The maximum Gasteiger partial charge on any atom is 0.248 e. The lowest BCUT2D eigenvalue weighted by Crippen LogP contribution is -2.48. The highest BCUT2D eigenvalue weighted by molar-refractivity contribution is 7.89. The first kappa shape index (κ1) is 15.7. The molecule has 0 saturated carbocycles. The Kier molecular flexibility index (Phi) is 4.18. The lowest BCUT2D eigenvalue weighted by Gasteiger charge is -2.34. The Labute approximate surface area is 134 Å². The third kappa shape index (κ3) is 3.13. The van der Waals surface area contributed by atoms with E-state index in [-0.39, 0.29) is 4.90 Å². The molecule has 23 heavy (non-hydrogen) atoms. The fourth-order valence-electron chi connectivity index (χ4n) is 2.37. The summed E-state index contributed by atoms with van der Waals surface area (Å²) in [7, 11) is 0.330. The monoisotopic (exact) mass is 338 g/mol. The van der Waals surface area contributed by atoms with Crippen molar-refractivity contribution in [2.24, 2.45) is 0 Å². The third-order valence-corrected chi connectivity index (χ3v) is 5.60. The third-order valence-electron chi connectivity index (χ3n) is 3.75. The largest absolute Gasteiger partial charge is 0.376 e. The van der Waals surface area contributed by atoms with Gasteiger partial charge in [0.25, 0.3) is 0 Å². The molecule has 0 N–H and O–H groups in total. The summed E-state index contributed by atoms with van der Waals surface area (Å²) in [5.41, 5.74) is 0.953. The van der Waals surface area contributed by atoms with E-state index in [0.29, 0.717) is 26.2 Å². The van der Waals surface area contributed by atoms with Crippen molar-refractivity contribution in [1.82, 2.24) is 19.7 Å². The van der Waals surface area contributed by atoms with Crippen molar-refractivity contribution in [3.05, 3.63) is 24.7 Å². The van der Waals surface area contributed by atoms with Crippen molar-refractivity contribution in [2.45, 2.75) is 4.90 Å². The highest BCUT2D eigenvalue weighted by atomic mass is 32.2. The topological polar surface area (TPSA) is 95.7 Å². The predicted octanol–water partition coefficient (Wildman–Crippen LogP) is 0.0415. The van der Waals surface area contributed by atoms with Gasteiger partial charge in [0.15, 0.2) is 5.82 Å². The predicted molar refractivity (Wildman–Crippen MR) is 83.8 cm³/mol. The fourth-order valence-corrected chi connectivity index (χ4v) is 3.66. The Balaban J connectivity index is 1.70. The molecule has 0 amide bonds. The van der Waals surface area contributed by atoms with E-state index in [0.717, 1.165) is 17.8 Å². The molecule has 0 spiro atoms. The minimum atomic E-state index is -3.54. The number of aromatic nitrogens is 3. The summed E-state index contributed by atoms with van der Waals surface area (Å²) >= 11 is 0. The maximum absolute atomic E-state index is 12.4. The smallest absolute Gasteiger partial charge is 0.248 e. The molecule has 0 unspecified atom stereocenters. The molecular weight excluding hydrogens is 320 g/mol. The second kappa shape index (κ2) is 6.13. The van der Waals surface area contributed by atoms with Gasteiger partial charge < -0.3 is 14.3 Å². The lowest BCUT2D eigenvalue weighted by molar-refractivity contribution is 0.382. The zero-order chi connectivity index (χ0) is 16.4. The minimum Gasteiger partial charge on any atom is -0.376 e. The fraction of sp³-hybridized carbons (Fsp3) is 0.462. The highest BCUT2D eigenvalue weighted by Crippen LogP contribution is 2.21. The number of hydrogen-bond donors (Lipinski definition) is 0. The molecule has 1 aliphatic heterocycles. The Morgan fingerprint density at radius 3 is 2.52 bits per heavy atom. The molecule has 0 atom stereocenters. The van der Waals surface area contributed by atoms with E-state index in [1.54, 1.807) is 6.20 Å². The molecule has 3 heterocycles. The average Bonchev–Trinajstić information content (AvgIpc) is 3.10. The summed E-state index contributed by atoms with van der Waals surface area (Å²) in [6.07, 6.45) is 4.05. The van der Waals surface area contributed by atoms with Crippen molar-refractivity contribution >= 4 is 21.5 Å². The van der Waals surface area contributed by atoms with Gasteiger partial charge in [-0.1, -0.05) is 5.16 Å². The van der Waals surface area contributed by atoms with Crippen LogP contribution in [0.1, 0.15) is 0 Å². The summed E-state index contributed by atoms with van der Waals surface area (Å²) < 4.78 is 30.9. The molecule has 10 heteroatoms. The van der Waals surface area contributed by atoms with Crippen LogP contribution < -0.4 is 9.80 Å². The van der Waals surface area contributed by atoms with Crippen molar-refractivity contribution in [1.29, 1.82) is 0 Å². The number of rotatable bonds is 4. The van der Waals surface area contributed by atoms with E-state index in [2.05, 4.69) is 19.9 Å². The summed E-state index contributed by atoms with van der Waals surface area (Å²) in [5, 5.41) is 11.6. The van der Waals surface area contributed by atoms with Gasteiger partial charge in [0, 0.05) is 46.3 Å². The zero-order valence-electron chi connectivity index (χ0n) is 13.0. The Morgan fingerprint density at radius 2 is 1.91 bits per heavy atom. The van der Waals surface area contributed by atoms with Crippen LogP contribution in [0, 0.1) is 0 Å². The molecule has 3 rings (SSSR count). The van der Waals surface area contributed by atoms with Gasteiger partial charge in [-0.05, 0) is 0 Å².